The first-order valence-corrected chi connectivity index (χ1v) is 38.4. The summed E-state index contributed by atoms with van der Waals surface area (Å²) >= 11 is 15.0. The lowest BCUT2D eigenvalue weighted by Crippen LogP contribution is -2.52. The number of halogens is 2. The standard InChI is InChI=1S/C41H47ClN4O7S.C37H46ClN3O7S/c1-3-5-6-7-8-9-10-11-12-18-25-53-40(50)29-23-24-31(42)32(26-29)43-37(48)35(36(47)34-30-21-16-17-22-33(30)54-44-34)46-38(49)39(52-4-2)45(41(46)51)27-28-19-14-13-15-20-28;1-3-4-5-6-7-8-9-10-11-12-13-14-15-18-23-47-36(45)26-21-22-28(38)29(24-26)39-34(43)32(41-35(44)25(2)48-37(41)46)33(42)31-27-19-16-17-20-30(27)49-40-31/h13-17,19-24,26,35,39H,3-12,18,25,27H2,1-2H3,(H,43,48);16-17,19-22,24-25,32H,3-15,18,23H2,1-2H3,(H,39,43). The van der Waals surface area contributed by atoms with Crippen molar-refractivity contribution in [2.75, 3.05) is 30.5 Å². The van der Waals surface area contributed by atoms with Crippen LogP contribution >= 0.6 is 46.3 Å². The molecule has 5 aromatic carbocycles. The van der Waals surface area contributed by atoms with Crippen molar-refractivity contribution < 1.29 is 66.9 Å². The Balaban J connectivity index is 0.000000262. The highest BCUT2D eigenvalue weighted by Gasteiger charge is 2.54. The highest BCUT2D eigenvalue weighted by Crippen LogP contribution is 2.33. The molecule has 0 saturated carbocycles. The van der Waals surface area contributed by atoms with E-state index in [0.717, 1.165) is 68.0 Å². The number of ketones is 2. The number of amides is 7. The normalized spacial score (nSPS) is 14.9. The molecule has 0 radical (unpaired) electrons. The highest BCUT2D eigenvalue weighted by atomic mass is 35.5. The number of aromatic nitrogens is 2. The number of carbonyl (C=O) groups excluding carboxylic acids is 10. The molecule has 4 unspecified atom stereocenters. The largest absolute Gasteiger partial charge is 0.462 e. The molecule has 2 aliphatic heterocycles. The van der Waals surface area contributed by atoms with Gasteiger partial charge in [0.05, 0.1) is 61.7 Å². The van der Waals surface area contributed by atoms with E-state index in [2.05, 4.69) is 33.2 Å². The highest BCUT2D eigenvalue weighted by molar-refractivity contribution is 7.14. The van der Waals surface area contributed by atoms with Crippen molar-refractivity contribution in [2.45, 2.75) is 213 Å². The average Bonchev–Trinajstić information content (AvgIpc) is 1.62. The predicted octanol–water partition coefficient (Wildman–Crippen LogP) is 18.2. The van der Waals surface area contributed by atoms with Crippen LogP contribution in [0.25, 0.3) is 20.2 Å². The zero-order valence-corrected chi connectivity index (χ0v) is 62.2. The van der Waals surface area contributed by atoms with Crippen molar-refractivity contribution in [1.29, 1.82) is 0 Å². The SMILES string of the molecule is CCCCCCCCCCCCCCCCOC(=O)c1ccc(Cl)c(NC(=O)C(C(=O)c2nsc3ccccc23)N2C(=O)OC(C)C2=O)c1.CCCCCCCCCCCCOC(=O)c1ccc(Cl)c(NC(=O)C(C(=O)c2nsc3ccccc23)N2C(=O)C(OCC)N(Cc3ccccc3)C2=O)c1. The molecule has 21 nitrogen and oxygen atoms in total. The number of nitrogens with one attached hydrogen (secondary N) is 2. The minimum Gasteiger partial charge on any atom is -0.462 e. The van der Waals surface area contributed by atoms with Gasteiger partial charge in [-0.3, -0.25) is 33.7 Å². The van der Waals surface area contributed by atoms with Gasteiger partial charge in [0, 0.05) is 17.4 Å². The van der Waals surface area contributed by atoms with E-state index >= 15 is 0 Å². The number of ether oxygens (including phenoxy) is 4. The van der Waals surface area contributed by atoms with E-state index in [1.165, 1.54) is 157 Å². The van der Waals surface area contributed by atoms with Crippen LogP contribution in [0.15, 0.2) is 115 Å². The molecular formula is C78H93Cl2N7O14S2. The van der Waals surface area contributed by atoms with Gasteiger partial charge >= 0.3 is 24.1 Å². The van der Waals surface area contributed by atoms with Crippen molar-refractivity contribution in [3.05, 3.63) is 153 Å². The number of unbranched alkanes of at least 4 members (excludes halogenated alkanes) is 22. The summed E-state index contributed by atoms with van der Waals surface area (Å²) in [5.74, 6) is -6.67. The van der Waals surface area contributed by atoms with E-state index in [4.69, 9.17) is 42.1 Å². The van der Waals surface area contributed by atoms with Crippen LogP contribution in [0.1, 0.15) is 229 Å². The minimum absolute atomic E-state index is 0.00224. The van der Waals surface area contributed by atoms with Gasteiger partial charge in [-0.15, -0.1) is 0 Å². The number of Topliss-reactive ketones (excluding diaryl/α,β-unsaturated/α-hetero) is 2. The Morgan fingerprint density at radius 1 is 0.505 bits per heavy atom. The Labute approximate surface area is 620 Å². The van der Waals surface area contributed by atoms with E-state index in [1.807, 2.05) is 6.07 Å². The molecule has 9 rings (SSSR count). The zero-order chi connectivity index (χ0) is 73.6. The number of fused-ring (bicyclic) bond motifs is 2. The molecule has 2 N–H and O–H groups in total. The number of hydrogen-bond acceptors (Lipinski definition) is 18. The second-order valence-corrected chi connectivity index (χ2v) is 28.1. The molecule has 4 atom stereocenters. The number of imide groups is 2. The number of urea groups is 1. The number of cyclic esters (lactones) is 1. The van der Waals surface area contributed by atoms with Crippen molar-refractivity contribution in [1.82, 2.24) is 23.4 Å². The number of benzene rings is 5. The summed E-state index contributed by atoms with van der Waals surface area (Å²) in [5, 5.41) is 6.22. The number of hydrogen-bond donors (Lipinski definition) is 2. The molecule has 2 fully saturated rings. The molecule has 0 spiro atoms. The summed E-state index contributed by atoms with van der Waals surface area (Å²) in [6.07, 6.45) is 25.0. The fourth-order valence-corrected chi connectivity index (χ4v) is 14.1. The summed E-state index contributed by atoms with van der Waals surface area (Å²) in [5.41, 5.74) is 0.863. The lowest BCUT2D eigenvalue weighted by atomic mass is 10.0. The fourth-order valence-electron chi connectivity index (χ4n) is 12.2. The fraction of sp³-hybridized carbons (Fsp3) is 0.462. The van der Waals surface area contributed by atoms with Crippen molar-refractivity contribution in [3.8, 4) is 0 Å². The van der Waals surface area contributed by atoms with Gasteiger partial charge in [0.2, 0.25) is 17.8 Å². The van der Waals surface area contributed by atoms with Crippen molar-refractivity contribution in [3.63, 3.8) is 0 Å². The maximum Gasteiger partial charge on any atom is 0.418 e. The van der Waals surface area contributed by atoms with Gasteiger partial charge in [0.1, 0.15) is 11.4 Å². The van der Waals surface area contributed by atoms with Crippen LogP contribution in [0.5, 0.6) is 0 Å². The Bertz CT molecular complexity index is 4040. The molecule has 4 heterocycles. The quantitative estimate of drug-likeness (QED) is 0.00899. The third-order valence-electron chi connectivity index (χ3n) is 17.9. The van der Waals surface area contributed by atoms with E-state index < -0.39 is 83.7 Å². The van der Waals surface area contributed by atoms with Crippen LogP contribution in [-0.4, -0.2) is 127 Å². The summed E-state index contributed by atoms with van der Waals surface area (Å²) in [6, 6.07) is 26.6. The lowest BCUT2D eigenvalue weighted by molar-refractivity contribution is -0.144. The Morgan fingerprint density at radius 2 is 0.903 bits per heavy atom. The zero-order valence-electron chi connectivity index (χ0n) is 59.1. The molecule has 103 heavy (non-hydrogen) atoms. The number of rotatable bonds is 42. The van der Waals surface area contributed by atoms with E-state index in [9.17, 15) is 47.9 Å². The molecule has 2 aliphatic rings. The van der Waals surface area contributed by atoms with Crippen molar-refractivity contribution >= 4 is 137 Å². The smallest absolute Gasteiger partial charge is 0.418 e. The number of esters is 2. The molecule has 550 valence electrons. The molecule has 2 aromatic heterocycles. The molecular weight excluding hydrogens is 1390 g/mol. The maximum atomic E-state index is 14.4. The third-order valence-corrected chi connectivity index (χ3v) is 20.2. The number of anilines is 2. The van der Waals surface area contributed by atoms with Gasteiger partial charge in [-0.2, -0.15) is 8.75 Å². The number of nitrogens with zero attached hydrogens (tertiary/aromatic N) is 5. The molecule has 2 saturated heterocycles. The van der Waals surface area contributed by atoms with Crippen molar-refractivity contribution in [2.24, 2.45) is 0 Å². The molecule has 0 aliphatic carbocycles. The van der Waals surface area contributed by atoms with Crippen LogP contribution in [0, 0.1) is 0 Å². The van der Waals surface area contributed by atoms with Gasteiger partial charge in [0.15, 0.2) is 18.2 Å². The molecule has 25 heteroatoms. The summed E-state index contributed by atoms with van der Waals surface area (Å²) in [7, 11) is 0. The van der Waals surface area contributed by atoms with Gasteiger partial charge in [-0.1, -0.05) is 245 Å². The predicted molar refractivity (Wildman–Crippen MR) is 401 cm³/mol. The molecule has 7 aromatic rings. The minimum atomic E-state index is -1.98. The van der Waals surface area contributed by atoms with Gasteiger partial charge in [0.25, 0.3) is 23.6 Å². The van der Waals surface area contributed by atoms with Crippen LogP contribution < -0.4 is 10.6 Å². The molecule has 0 bridgehead atoms. The number of carbonyl (C=O) groups is 10. The maximum absolute atomic E-state index is 14.4. The monoisotopic (exact) mass is 1490 g/mol. The average molecular weight is 1490 g/mol. The van der Waals surface area contributed by atoms with E-state index in [-0.39, 0.29) is 70.3 Å². The molecule has 7 amide bonds. The first kappa shape index (κ1) is 80.2. The van der Waals surface area contributed by atoms with Gasteiger partial charge in [-0.05, 0) is 104 Å². The van der Waals surface area contributed by atoms with Crippen LogP contribution in [0.4, 0.5) is 21.0 Å². The first-order valence-electron chi connectivity index (χ1n) is 36.1. The Kier molecular flexibility index (Phi) is 32.5. The second kappa shape index (κ2) is 41.7. The Hall–Kier alpha value is -8.48. The summed E-state index contributed by atoms with van der Waals surface area (Å²) < 4.78 is 31.6. The topological polar surface area (TPSA) is 267 Å². The lowest BCUT2D eigenvalue weighted by Gasteiger charge is -2.24. The summed E-state index contributed by atoms with van der Waals surface area (Å²) in [6.45, 7) is 8.07. The van der Waals surface area contributed by atoms with Gasteiger partial charge < -0.3 is 29.6 Å². The second-order valence-electron chi connectivity index (χ2n) is 25.7. The summed E-state index contributed by atoms with van der Waals surface area (Å²) in [4.78, 5) is 138. The third kappa shape index (κ3) is 22.5. The van der Waals surface area contributed by atoms with E-state index in [0.29, 0.717) is 35.5 Å². The van der Waals surface area contributed by atoms with Gasteiger partial charge in [-0.25, -0.2) is 29.0 Å². The van der Waals surface area contributed by atoms with Crippen LogP contribution in [0.2, 0.25) is 10.0 Å². The van der Waals surface area contributed by atoms with Crippen LogP contribution in [0.3, 0.4) is 0 Å². The van der Waals surface area contributed by atoms with E-state index in [1.54, 1.807) is 79.7 Å². The Morgan fingerprint density at radius 3 is 1.31 bits per heavy atom. The first-order chi connectivity index (χ1) is 50.0. The van der Waals surface area contributed by atoms with Crippen LogP contribution in [-0.2, 0) is 44.7 Å².